The lowest BCUT2D eigenvalue weighted by molar-refractivity contribution is 0.968. The Morgan fingerprint density at radius 1 is 0.424 bits per heavy atom. The first kappa shape index (κ1) is 18.0. The molecule has 0 aliphatic carbocycles. The molecule has 0 bridgehead atoms. The molecule has 0 fully saturated rings. The van der Waals surface area contributed by atoms with Crippen molar-refractivity contribution in [2.75, 3.05) is 0 Å². The molecule has 0 aliphatic heterocycles. The summed E-state index contributed by atoms with van der Waals surface area (Å²) in [6.45, 7) is 0. The maximum Gasteiger partial charge on any atom is 0.266 e. The number of fused-ring (bicyclic) bond motifs is 3. The maximum absolute atomic E-state index is 13.9. The highest BCUT2D eigenvalue weighted by molar-refractivity contribution is 6.12. The minimum absolute atomic E-state index is 0.138. The molecule has 0 radical (unpaired) electrons. The third-order valence-electron chi connectivity index (χ3n) is 6.41. The van der Waals surface area contributed by atoms with Crippen LogP contribution in [0.2, 0.25) is 0 Å². The van der Waals surface area contributed by atoms with Gasteiger partial charge < -0.3 is 0 Å². The van der Waals surface area contributed by atoms with E-state index in [0.29, 0.717) is 16.3 Å². The van der Waals surface area contributed by atoms with Crippen LogP contribution in [0.4, 0.5) is 0 Å². The van der Waals surface area contributed by atoms with Crippen molar-refractivity contribution in [1.82, 2.24) is 13.5 Å². The van der Waals surface area contributed by atoms with Gasteiger partial charge in [-0.05, 0) is 36.4 Å². The Hall–Kier alpha value is -4.64. The summed E-state index contributed by atoms with van der Waals surface area (Å²) in [7, 11) is 0. The molecule has 0 saturated heterocycles. The van der Waals surface area contributed by atoms with Crippen LogP contribution < -0.4 is 11.1 Å². The molecular formula is C28H17N3O2. The normalized spacial score (nSPS) is 11.9. The van der Waals surface area contributed by atoms with Gasteiger partial charge in [-0.1, -0.05) is 66.7 Å². The van der Waals surface area contributed by atoms with Crippen molar-refractivity contribution in [2.24, 2.45) is 0 Å². The van der Waals surface area contributed by atoms with E-state index < -0.39 is 0 Å². The summed E-state index contributed by atoms with van der Waals surface area (Å²) in [6, 6.07) is 32.7. The number of hydrogen-bond donors (Lipinski definition) is 0. The van der Waals surface area contributed by atoms with Crippen molar-refractivity contribution in [3.8, 4) is 11.4 Å². The Kier molecular flexibility index (Phi) is 3.51. The summed E-state index contributed by atoms with van der Waals surface area (Å²) in [6.07, 6.45) is 0. The molecule has 5 heteroatoms. The molecule has 3 aromatic heterocycles. The zero-order valence-electron chi connectivity index (χ0n) is 17.5. The molecular weight excluding hydrogens is 410 g/mol. The zero-order valence-corrected chi connectivity index (χ0v) is 17.5. The Labute approximate surface area is 187 Å². The molecule has 0 saturated carbocycles. The van der Waals surface area contributed by atoms with Gasteiger partial charge in [0.15, 0.2) is 0 Å². The molecule has 7 rings (SSSR count). The zero-order chi connectivity index (χ0) is 22.1. The quantitative estimate of drug-likeness (QED) is 0.384. The second-order valence-corrected chi connectivity index (χ2v) is 8.18. The van der Waals surface area contributed by atoms with Crippen molar-refractivity contribution in [3.05, 3.63) is 124 Å². The number of aromatic nitrogens is 3. The molecule has 156 valence electrons. The van der Waals surface area contributed by atoms with Gasteiger partial charge in [0, 0.05) is 10.8 Å². The van der Waals surface area contributed by atoms with E-state index in [-0.39, 0.29) is 11.1 Å². The van der Waals surface area contributed by atoms with Gasteiger partial charge >= 0.3 is 0 Å². The fraction of sp³-hybridized carbons (Fsp3) is 0. The van der Waals surface area contributed by atoms with Crippen LogP contribution in [-0.4, -0.2) is 13.5 Å². The third-order valence-corrected chi connectivity index (χ3v) is 6.41. The van der Waals surface area contributed by atoms with E-state index in [1.807, 2.05) is 84.9 Å². The maximum atomic E-state index is 13.9. The fourth-order valence-corrected chi connectivity index (χ4v) is 5.06. The molecule has 0 amide bonds. The Bertz CT molecular complexity index is 1810. The molecule has 33 heavy (non-hydrogen) atoms. The summed E-state index contributed by atoms with van der Waals surface area (Å²) < 4.78 is 5.60. The Morgan fingerprint density at radius 3 is 1.27 bits per heavy atom. The smallest absolute Gasteiger partial charge is 0.266 e. The molecule has 4 aromatic carbocycles. The number of hydrogen-bond acceptors (Lipinski definition) is 2. The van der Waals surface area contributed by atoms with Crippen LogP contribution >= 0.6 is 0 Å². The largest absolute Gasteiger partial charge is 0.278 e. The van der Waals surface area contributed by atoms with E-state index in [0.717, 1.165) is 33.4 Å². The number of para-hydroxylation sites is 3. The standard InChI is InChI=1S/C28H17N3O2/c32-27-22-16-9-17-23-24(22)31-25(29(27)18-10-3-1-4-11-18)20-14-7-8-15-21(20)26(31)30(28(23)33)19-12-5-2-6-13-19/h1-17H. The van der Waals surface area contributed by atoms with Crippen LogP contribution in [-0.2, 0) is 0 Å². The summed E-state index contributed by atoms with van der Waals surface area (Å²) in [4.78, 5) is 27.7. The number of benzene rings is 4. The highest BCUT2D eigenvalue weighted by Crippen LogP contribution is 2.34. The second kappa shape index (κ2) is 6.43. The number of nitrogens with zero attached hydrogens (tertiary/aromatic N) is 3. The van der Waals surface area contributed by atoms with Gasteiger partial charge in [-0.25, -0.2) is 0 Å². The summed E-state index contributed by atoms with van der Waals surface area (Å²) in [5.74, 6) is 0. The molecule has 0 atom stereocenters. The van der Waals surface area contributed by atoms with E-state index >= 15 is 0 Å². The third kappa shape index (κ3) is 2.25. The van der Waals surface area contributed by atoms with E-state index in [1.165, 1.54) is 0 Å². The molecule has 7 aromatic rings. The Balaban J connectivity index is 1.89. The molecule has 0 aliphatic rings. The minimum Gasteiger partial charge on any atom is -0.278 e. The molecule has 0 N–H and O–H groups in total. The van der Waals surface area contributed by atoms with E-state index in [2.05, 4.69) is 4.40 Å². The first-order valence-electron chi connectivity index (χ1n) is 10.8. The average Bonchev–Trinajstić information content (AvgIpc) is 3.20. The van der Waals surface area contributed by atoms with Gasteiger partial charge in [0.05, 0.1) is 27.7 Å². The van der Waals surface area contributed by atoms with Crippen LogP contribution in [0.25, 0.3) is 49.7 Å². The molecule has 3 heterocycles. The van der Waals surface area contributed by atoms with E-state index in [4.69, 9.17) is 0 Å². The van der Waals surface area contributed by atoms with Crippen molar-refractivity contribution in [2.45, 2.75) is 0 Å². The van der Waals surface area contributed by atoms with Gasteiger partial charge in [0.1, 0.15) is 11.3 Å². The fourth-order valence-electron chi connectivity index (χ4n) is 5.06. The van der Waals surface area contributed by atoms with Crippen LogP contribution in [0, 0.1) is 0 Å². The van der Waals surface area contributed by atoms with Gasteiger partial charge in [0.25, 0.3) is 11.1 Å². The van der Waals surface area contributed by atoms with Crippen LogP contribution in [0.3, 0.4) is 0 Å². The van der Waals surface area contributed by atoms with Crippen molar-refractivity contribution >= 4 is 38.4 Å². The minimum atomic E-state index is -0.138. The SMILES string of the molecule is O=c1c2cccc3c(=O)n(-c4ccccc4)c4c5ccccc5c(n1-c1ccccc1)n4c23. The van der Waals surface area contributed by atoms with Gasteiger partial charge in [-0.3, -0.25) is 23.1 Å². The van der Waals surface area contributed by atoms with Gasteiger partial charge in [-0.15, -0.1) is 0 Å². The first-order chi connectivity index (χ1) is 16.3. The van der Waals surface area contributed by atoms with Crippen LogP contribution in [0.5, 0.6) is 0 Å². The van der Waals surface area contributed by atoms with Crippen molar-refractivity contribution in [3.63, 3.8) is 0 Å². The van der Waals surface area contributed by atoms with Crippen molar-refractivity contribution < 1.29 is 0 Å². The lowest BCUT2D eigenvalue weighted by Gasteiger charge is -2.17. The second-order valence-electron chi connectivity index (χ2n) is 8.18. The molecule has 0 spiro atoms. The van der Waals surface area contributed by atoms with E-state index in [9.17, 15) is 9.59 Å². The highest BCUT2D eigenvalue weighted by Gasteiger charge is 2.24. The monoisotopic (exact) mass is 427 g/mol. The van der Waals surface area contributed by atoms with Crippen molar-refractivity contribution in [1.29, 1.82) is 0 Å². The van der Waals surface area contributed by atoms with E-state index in [1.54, 1.807) is 27.3 Å². The molecule has 0 unspecified atom stereocenters. The lowest BCUT2D eigenvalue weighted by atomic mass is 10.1. The van der Waals surface area contributed by atoms with Crippen LogP contribution in [0.15, 0.2) is 113 Å². The lowest BCUT2D eigenvalue weighted by Crippen LogP contribution is -2.26. The predicted molar refractivity (Wildman–Crippen MR) is 132 cm³/mol. The summed E-state index contributed by atoms with van der Waals surface area (Å²) >= 11 is 0. The average molecular weight is 427 g/mol. The predicted octanol–water partition coefficient (Wildman–Crippen LogP) is 5.14. The van der Waals surface area contributed by atoms with Gasteiger partial charge in [0.2, 0.25) is 0 Å². The highest BCUT2D eigenvalue weighted by atomic mass is 16.1. The first-order valence-corrected chi connectivity index (χ1v) is 10.8. The van der Waals surface area contributed by atoms with Crippen LogP contribution in [0.1, 0.15) is 0 Å². The Morgan fingerprint density at radius 2 is 0.818 bits per heavy atom. The van der Waals surface area contributed by atoms with Gasteiger partial charge in [-0.2, -0.15) is 0 Å². The summed E-state index contributed by atoms with van der Waals surface area (Å²) in [5.41, 5.74) is 3.46. The topological polar surface area (TPSA) is 48.4 Å². The number of rotatable bonds is 2. The molecule has 5 nitrogen and oxygen atoms in total. The summed E-state index contributed by atoms with van der Waals surface area (Å²) in [5, 5.41) is 2.87.